The topological polar surface area (TPSA) is 20.2 Å². The molecule has 0 fully saturated rings. The SMILES string of the molecule is C=CC(O)c1ccc(Br)c(Cl)c1F. The molecule has 0 spiro atoms. The molecule has 0 aliphatic heterocycles. The first kappa shape index (κ1) is 10.7. The van der Waals surface area contributed by atoms with Crippen LogP contribution < -0.4 is 0 Å². The lowest BCUT2D eigenvalue weighted by Gasteiger charge is -2.08. The summed E-state index contributed by atoms with van der Waals surface area (Å²) >= 11 is 8.69. The molecular formula is C9H7BrClFO. The Balaban J connectivity index is 3.25. The van der Waals surface area contributed by atoms with Gasteiger partial charge in [-0.3, -0.25) is 0 Å². The van der Waals surface area contributed by atoms with E-state index in [1.165, 1.54) is 12.1 Å². The summed E-state index contributed by atoms with van der Waals surface area (Å²) in [6, 6.07) is 3.03. The maximum atomic E-state index is 13.3. The third kappa shape index (κ3) is 2.10. The molecule has 1 nitrogen and oxygen atoms in total. The molecule has 0 saturated carbocycles. The fraction of sp³-hybridized carbons (Fsp3) is 0.111. The van der Waals surface area contributed by atoms with Crippen molar-refractivity contribution in [1.29, 1.82) is 0 Å². The molecule has 4 heteroatoms. The van der Waals surface area contributed by atoms with Gasteiger partial charge in [0, 0.05) is 10.0 Å². The van der Waals surface area contributed by atoms with Crippen molar-refractivity contribution in [3.8, 4) is 0 Å². The van der Waals surface area contributed by atoms with Gasteiger partial charge in [-0.2, -0.15) is 0 Å². The Morgan fingerprint density at radius 1 is 1.62 bits per heavy atom. The minimum absolute atomic E-state index is 0.0293. The number of hydrogen-bond donors (Lipinski definition) is 1. The zero-order chi connectivity index (χ0) is 10.0. The van der Waals surface area contributed by atoms with E-state index in [4.69, 9.17) is 11.6 Å². The van der Waals surface area contributed by atoms with Crippen LogP contribution in [-0.2, 0) is 0 Å². The van der Waals surface area contributed by atoms with Crippen LogP contribution in [0, 0.1) is 5.82 Å². The normalized spacial score (nSPS) is 12.6. The Bertz CT molecular complexity index is 341. The minimum Gasteiger partial charge on any atom is -0.384 e. The second-order valence-electron chi connectivity index (χ2n) is 2.45. The molecule has 0 saturated heterocycles. The summed E-state index contributed by atoms with van der Waals surface area (Å²) in [4.78, 5) is 0. The molecule has 0 bridgehead atoms. The van der Waals surface area contributed by atoms with Crippen LogP contribution in [0.4, 0.5) is 4.39 Å². The minimum atomic E-state index is -1.02. The van der Waals surface area contributed by atoms with Crippen molar-refractivity contribution < 1.29 is 9.50 Å². The van der Waals surface area contributed by atoms with E-state index in [-0.39, 0.29) is 10.6 Å². The van der Waals surface area contributed by atoms with E-state index in [1.54, 1.807) is 6.07 Å². The van der Waals surface area contributed by atoms with Crippen molar-refractivity contribution in [3.63, 3.8) is 0 Å². The van der Waals surface area contributed by atoms with E-state index in [1.807, 2.05) is 0 Å². The van der Waals surface area contributed by atoms with Crippen molar-refractivity contribution in [1.82, 2.24) is 0 Å². The summed E-state index contributed by atoms with van der Waals surface area (Å²) in [5.74, 6) is -0.622. The number of halogens is 3. The van der Waals surface area contributed by atoms with Crippen LogP contribution in [-0.4, -0.2) is 5.11 Å². The highest BCUT2D eigenvalue weighted by Gasteiger charge is 2.14. The molecule has 1 unspecified atom stereocenters. The van der Waals surface area contributed by atoms with Crippen molar-refractivity contribution >= 4 is 27.5 Å². The number of rotatable bonds is 2. The van der Waals surface area contributed by atoms with E-state index in [9.17, 15) is 9.50 Å². The van der Waals surface area contributed by atoms with Gasteiger partial charge in [-0.15, -0.1) is 6.58 Å². The first-order valence-electron chi connectivity index (χ1n) is 3.52. The lowest BCUT2D eigenvalue weighted by molar-refractivity contribution is 0.223. The van der Waals surface area contributed by atoms with E-state index < -0.39 is 11.9 Å². The van der Waals surface area contributed by atoms with Gasteiger partial charge in [-0.05, 0) is 22.0 Å². The molecule has 0 amide bonds. The predicted molar refractivity (Wildman–Crippen MR) is 54.3 cm³/mol. The summed E-state index contributed by atoms with van der Waals surface area (Å²) in [5.41, 5.74) is 0.128. The average Bonchev–Trinajstić information content (AvgIpc) is 2.13. The molecule has 0 aromatic heterocycles. The van der Waals surface area contributed by atoms with Crippen molar-refractivity contribution in [2.45, 2.75) is 6.10 Å². The molecule has 0 aliphatic rings. The Morgan fingerprint density at radius 2 is 2.23 bits per heavy atom. The third-order valence-corrected chi connectivity index (χ3v) is 2.87. The molecule has 1 atom stereocenters. The molecule has 0 heterocycles. The van der Waals surface area contributed by atoms with Gasteiger partial charge in [0.15, 0.2) is 0 Å². The van der Waals surface area contributed by atoms with Gasteiger partial charge in [0.2, 0.25) is 0 Å². The second-order valence-corrected chi connectivity index (χ2v) is 3.68. The first-order chi connectivity index (χ1) is 6.07. The van der Waals surface area contributed by atoms with Crippen molar-refractivity contribution in [3.05, 3.63) is 45.7 Å². The maximum Gasteiger partial charge on any atom is 0.149 e. The quantitative estimate of drug-likeness (QED) is 0.641. The van der Waals surface area contributed by atoms with Crippen LogP contribution in [0.3, 0.4) is 0 Å². The zero-order valence-corrected chi connectivity index (χ0v) is 8.94. The van der Waals surface area contributed by atoms with E-state index >= 15 is 0 Å². The van der Waals surface area contributed by atoms with Gasteiger partial charge >= 0.3 is 0 Å². The van der Waals surface area contributed by atoms with Crippen LogP contribution in [0.1, 0.15) is 11.7 Å². The van der Waals surface area contributed by atoms with Crippen molar-refractivity contribution in [2.75, 3.05) is 0 Å². The summed E-state index contributed by atoms with van der Waals surface area (Å²) in [6.45, 7) is 3.36. The number of aliphatic hydroxyl groups is 1. The van der Waals surface area contributed by atoms with Crippen LogP contribution in [0.5, 0.6) is 0 Å². The Morgan fingerprint density at radius 3 is 2.77 bits per heavy atom. The molecule has 1 aromatic rings. The van der Waals surface area contributed by atoms with Gasteiger partial charge in [-0.1, -0.05) is 23.7 Å². The van der Waals surface area contributed by atoms with Crippen molar-refractivity contribution in [2.24, 2.45) is 0 Å². The maximum absolute atomic E-state index is 13.3. The largest absolute Gasteiger partial charge is 0.384 e. The summed E-state index contributed by atoms with van der Waals surface area (Å²) in [6.07, 6.45) is 0.216. The monoisotopic (exact) mass is 264 g/mol. The van der Waals surface area contributed by atoms with Gasteiger partial charge in [0.25, 0.3) is 0 Å². The second kappa shape index (κ2) is 4.22. The molecule has 0 aliphatic carbocycles. The number of hydrogen-bond acceptors (Lipinski definition) is 1. The van der Waals surface area contributed by atoms with E-state index in [0.29, 0.717) is 4.47 Å². The fourth-order valence-electron chi connectivity index (χ4n) is 0.896. The first-order valence-corrected chi connectivity index (χ1v) is 4.69. The lowest BCUT2D eigenvalue weighted by Crippen LogP contribution is -1.97. The van der Waals surface area contributed by atoms with Gasteiger partial charge in [-0.25, -0.2) is 4.39 Å². The Kier molecular flexibility index (Phi) is 3.47. The molecule has 1 aromatic carbocycles. The number of aliphatic hydroxyl groups excluding tert-OH is 1. The highest BCUT2D eigenvalue weighted by atomic mass is 79.9. The van der Waals surface area contributed by atoms with E-state index in [2.05, 4.69) is 22.5 Å². The Labute approximate surface area is 89.0 Å². The summed E-state index contributed by atoms with van der Waals surface area (Å²) in [5, 5.41) is 9.26. The average molecular weight is 266 g/mol. The predicted octanol–water partition coefficient (Wildman–Crippen LogP) is 3.46. The lowest BCUT2D eigenvalue weighted by atomic mass is 10.1. The molecule has 1 N–H and O–H groups in total. The standard InChI is InChI=1S/C9H7BrClFO/c1-2-7(13)5-3-4-6(10)8(11)9(5)12/h2-4,7,13H,1H2. The van der Waals surface area contributed by atoms with Crippen LogP contribution in [0.2, 0.25) is 5.02 Å². The molecule has 70 valence electrons. The number of benzene rings is 1. The smallest absolute Gasteiger partial charge is 0.149 e. The van der Waals surface area contributed by atoms with Gasteiger partial charge in [0.05, 0.1) is 11.1 Å². The zero-order valence-electron chi connectivity index (χ0n) is 6.60. The van der Waals surface area contributed by atoms with Crippen LogP contribution in [0.15, 0.2) is 29.3 Å². The van der Waals surface area contributed by atoms with Crippen LogP contribution in [0.25, 0.3) is 0 Å². The third-order valence-electron chi connectivity index (χ3n) is 1.61. The molecule has 13 heavy (non-hydrogen) atoms. The Hall–Kier alpha value is -0.380. The molecule has 1 rings (SSSR count). The highest BCUT2D eigenvalue weighted by Crippen LogP contribution is 2.30. The van der Waals surface area contributed by atoms with Gasteiger partial charge in [0.1, 0.15) is 5.82 Å². The van der Waals surface area contributed by atoms with Gasteiger partial charge < -0.3 is 5.11 Å². The summed E-state index contributed by atoms with van der Waals surface area (Å²) in [7, 11) is 0. The molecule has 0 radical (unpaired) electrons. The highest BCUT2D eigenvalue weighted by molar-refractivity contribution is 9.10. The van der Waals surface area contributed by atoms with Crippen LogP contribution >= 0.6 is 27.5 Å². The fourth-order valence-corrected chi connectivity index (χ4v) is 1.37. The molecular weight excluding hydrogens is 258 g/mol. The van der Waals surface area contributed by atoms with E-state index in [0.717, 1.165) is 0 Å². The summed E-state index contributed by atoms with van der Waals surface area (Å²) < 4.78 is 13.8.